The second-order valence-electron chi connectivity index (χ2n) is 4.02. The zero-order valence-electron chi connectivity index (χ0n) is 8.30. The van der Waals surface area contributed by atoms with Crippen molar-refractivity contribution in [3.8, 4) is 0 Å². The molecule has 1 atom stereocenters. The van der Waals surface area contributed by atoms with Gasteiger partial charge in [-0.3, -0.25) is 0 Å². The third-order valence-corrected chi connectivity index (χ3v) is 2.91. The molecule has 0 aliphatic heterocycles. The van der Waals surface area contributed by atoms with E-state index < -0.39 is 0 Å². The number of hydrogen-bond acceptors (Lipinski definition) is 0. The summed E-state index contributed by atoms with van der Waals surface area (Å²) in [5.74, 6) is 0.640. The summed E-state index contributed by atoms with van der Waals surface area (Å²) in [5, 5.41) is 0. The van der Waals surface area contributed by atoms with Crippen molar-refractivity contribution < 1.29 is 0 Å². The molecule has 1 rings (SSSR count). The van der Waals surface area contributed by atoms with Gasteiger partial charge < -0.3 is 0 Å². The van der Waals surface area contributed by atoms with Gasteiger partial charge in [0.2, 0.25) is 0 Å². The monoisotopic (exact) mass is 162 g/mol. The lowest BCUT2D eigenvalue weighted by Gasteiger charge is -2.27. The molecule has 0 aromatic heterocycles. The van der Waals surface area contributed by atoms with Gasteiger partial charge in [0.15, 0.2) is 0 Å². The van der Waals surface area contributed by atoms with E-state index in [1.165, 1.54) is 5.57 Å². The van der Waals surface area contributed by atoms with Crippen LogP contribution in [0.5, 0.6) is 0 Å². The molecule has 0 spiro atoms. The molecule has 0 bridgehead atoms. The Hall–Kier alpha value is -0.780. The number of rotatable bonds is 2. The summed E-state index contributed by atoms with van der Waals surface area (Å²) in [7, 11) is 0. The van der Waals surface area contributed by atoms with Crippen molar-refractivity contribution in [3.63, 3.8) is 0 Å². The van der Waals surface area contributed by atoms with Gasteiger partial charge >= 0.3 is 0 Å². The van der Waals surface area contributed by atoms with E-state index in [1.807, 2.05) is 0 Å². The van der Waals surface area contributed by atoms with Gasteiger partial charge in [0.25, 0.3) is 0 Å². The minimum Gasteiger partial charge on any atom is -0.0953 e. The van der Waals surface area contributed by atoms with Crippen molar-refractivity contribution in [1.29, 1.82) is 0 Å². The van der Waals surface area contributed by atoms with E-state index in [4.69, 9.17) is 0 Å². The van der Waals surface area contributed by atoms with Gasteiger partial charge in [0.05, 0.1) is 0 Å². The van der Waals surface area contributed by atoms with Gasteiger partial charge in [-0.05, 0) is 30.3 Å². The Bertz CT molecular complexity index is 228. The molecule has 0 radical (unpaired) electrons. The van der Waals surface area contributed by atoms with E-state index in [2.05, 4.69) is 51.7 Å². The molecule has 1 aliphatic rings. The molecule has 1 unspecified atom stereocenters. The van der Waals surface area contributed by atoms with Crippen LogP contribution in [0.3, 0.4) is 0 Å². The third-order valence-electron chi connectivity index (χ3n) is 2.91. The molecule has 0 heterocycles. The van der Waals surface area contributed by atoms with Gasteiger partial charge in [-0.2, -0.15) is 0 Å². The Labute approximate surface area is 75.7 Å². The zero-order valence-corrected chi connectivity index (χ0v) is 8.30. The first-order valence-corrected chi connectivity index (χ1v) is 4.57. The number of allylic oxidation sites excluding steroid dienone is 5. The predicted molar refractivity (Wildman–Crippen MR) is 55.0 cm³/mol. The fourth-order valence-corrected chi connectivity index (χ4v) is 1.58. The van der Waals surface area contributed by atoms with Crippen molar-refractivity contribution >= 4 is 0 Å². The average molecular weight is 162 g/mol. The maximum absolute atomic E-state index is 4.05. The van der Waals surface area contributed by atoms with Crippen molar-refractivity contribution in [2.45, 2.75) is 27.2 Å². The molecular formula is C12H18. The van der Waals surface area contributed by atoms with Crippen molar-refractivity contribution in [2.75, 3.05) is 0 Å². The van der Waals surface area contributed by atoms with E-state index in [0.717, 1.165) is 6.42 Å². The van der Waals surface area contributed by atoms with E-state index in [1.54, 1.807) is 0 Å². The first kappa shape index (κ1) is 9.31. The van der Waals surface area contributed by atoms with Gasteiger partial charge in [-0.25, -0.2) is 0 Å². The van der Waals surface area contributed by atoms with Gasteiger partial charge in [-0.1, -0.05) is 44.7 Å². The normalized spacial score (nSPS) is 27.2. The molecule has 0 aromatic carbocycles. The highest BCUT2D eigenvalue weighted by Gasteiger charge is 2.32. The summed E-state index contributed by atoms with van der Waals surface area (Å²) < 4.78 is 0. The van der Waals surface area contributed by atoms with Gasteiger partial charge in [0, 0.05) is 0 Å². The Morgan fingerprint density at radius 3 is 2.67 bits per heavy atom. The van der Waals surface area contributed by atoms with E-state index in [9.17, 15) is 0 Å². The lowest BCUT2D eigenvalue weighted by molar-refractivity contribution is 0.348. The summed E-state index contributed by atoms with van der Waals surface area (Å²) in [6.07, 6.45) is 9.93. The van der Waals surface area contributed by atoms with Crippen LogP contribution in [-0.4, -0.2) is 0 Å². The smallest absolute Gasteiger partial charge is 0.00437 e. The summed E-state index contributed by atoms with van der Waals surface area (Å²) in [6.45, 7) is 10.7. The highest BCUT2D eigenvalue weighted by molar-refractivity contribution is 5.32. The molecule has 0 saturated heterocycles. The largest absolute Gasteiger partial charge is 0.0953 e. The predicted octanol–water partition coefficient (Wildman–Crippen LogP) is 3.72. The Morgan fingerprint density at radius 2 is 2.25 bits per heavy atom. The molecule has 0 aromatic rings. The van der Waals surface area contributed by atoms with Crippen LogP contribution in [-0.2, 0) is 0 Å². The Morgan fingerprint density at radius 1 is 1.58 bits per heavy atom. The van der Waals surface area contributed by atoms with Crippen LogP contribution in [0.15, 0.2) is 36.5 Å². The second-order valence-corrected chi connectivity index (χ2v) is 4.02. The van der Waals surface area contributed by atoms with Crippen LogP contribution in [0.1, 0.15) is 27.2 Å². The molecule has 0 amide bonds. The maximum Gasteiger partial charge on any atom is -0.00437 e. The zero-order chi connectivity index (χ0) is 9.19. The summed E-state index contributed by atoms with van der Waals surface area (Å²) in [5.41, 5.74) is 1.52. The summed E-state index contributed by atoms with van der Waals surface area (Å²) in [4.78, 5) is 0. The van der Waals surface area contributed by atoms with Crippen LogP contribution < -0.4 is 0 Å². The SMILES string of the molecule is C=C1C=CC(C/C=C\C)C1(C)C. The van der Waals surface area contributed by atoms with Crippen molar-refractivity contribution in [2.24, 2.45) is 11.3 Å². The van der Waals surface area contributed by atoms with Gasteiger partial charge in [-0.15, -0.1) is 0 Å². The number of hydrogen-bond donors (Lipinski definition) is 0. The van der Waals surface area contributed by atoms with E-state index >= 15 is 0 Å². The molecule has 1 aliphatic carbocycles. The van der Waals surface area contributed by atoms with Crippen LogP contribution in [0.4, 0.5) is 0 Å². The van der Waals surface area contributed by atoms with Gasteiger partial charge in [0.1, 0.15) is 0 Å². The molecule has 0 saturated carbocycles. The quantitative estimate of drug-likeness (QED) is 0.543. The minimum atomic E-state index is 0.263. The standard InChI is InChI=1S/C12H18/c1-5-6-7-11-9-8-10(2)12(11,3)4/h5-6,8-9,11H,2,7H2,1,3-4H3/b6-5-. The Balaban J connectivity index is 2.68. The van der Waals surface area contributed by atoms with Crippen LogP contribution >= 0.6 is 0 Å². The topological polar surface area (TPSA) is 0 Å². The molecule has 66 valence electrons. The molecular weight excluding hydrogens is 144 g/mol. The first-order chi connectivity index (χ1) is 5.59. The summed E-state index contributed by atoms with van der Waals surface area (Å²) >= 11 is 0. The van der Waals surface area contributed by atoms with Crippen LogP contribution in [0.2, 0.25) is 0 Å². The lowest BCUT2D eigenvalue weighted by atomic mass is 9.77. The molecule has 0 fully saturated rings. The highest BCUT2D eigenvalue weighted by Crippen LogP contribution is 2.42. The van der Waals surface area contributed by atoms with Crippen LogP contribution in [0.25, 0.3) is 0 Å². The first-order valence-electron chi connectivity index (χ1n) is 4.57. The second kappa shape index (κ2) is 3.30. The fraction of sp³-hybridized carbons (Fsp3) is 0.500. The minimum absolute atomic E-state index is 0.263. The molecule has 0 N–H and O–H groups in total. The highest BCUT2D eigenvalue weighted by atomic mass is 14.4. The van der Waals surface area contributed by atoms with Crippen molar-refractivity contribution in [1.82, 2.24) is 0 Å². The molecule has 0 heteroatoms. The van der Waals surface area contributed by atoms with Crippen LogP contribution in [0, 0.1) is 11.3 Å². The average Bonchev–Trinajstić information content (AvgIpc) is 2.25. The van der Waals surface area contributed by atoms with E-state index in [-0.39, 0.29) is 5.41 Å². The Kier molecular flexibility index (Phi) is 2.56. The van der Waals surface area contributed by atoms with E-state index in [0.29, 0.717) is 5.92 Å². The summed E-state index contributed by atoms with van der Waals surface area (Å²) in [6, 6.07) is 0. The maximum atomic E-state index is 4.05. The lowest BCUT2D eigenvalue weighted by Crippen LogP contribution is -2.18. The molecule has 0 nitrogen and oxygen atoms in total. The fourth-order valence-electron chi connectivity index (χ4n) is 1.58. The molecule has 12 heavy (non-hydrogen) atoms. The third kappa shape index (κ3) is 1.52. The van der Waals surface area contributed by atoms with Crippen molar-refractivity contribution in [3.05, 3.63) is 36.5 Å².